The molecule has 6 heteroatoms. The Bertz CT molecular complexity index is 871. The van der Waals surface area contributed by atoms with Crippen LogP contribution in [0.15, 0.2) is 42.6 Å². The number of carbonyl (C=O) groups is 1. The van der Waals surface area contributed by atoms with Gasteiger partial charge in [-0.15, -0.1) is 0 Å². The highest BCUT2D eigenvalue weighted by atomic mass is 19.2. The molecule has 0 amide bonds. The van der Waals surface area contributed by atoms with Crippen molar-refractivity contribution in [3.8, 4) is 5.69 Å². The number of halogens is 3. The summed E-state index contributed by atoms with van der Waals surface area (Å²) < 4.78 is 42.1. The highest BCUT2D eigenvalue weighted by Crippen LogP contribution is 2.27. The molecule has 0 atom stereocenters. The second kappa shape index (κ2) is 4.66. The number of nitrogens with zero attached hydrogens (tertiary/aromatic N) is 1. The SMILES string of the molecule is O=C(O)c1cccc(-n2ccc3c(F)c(F)cc(F)c32)c1. The van der Waals surface area contributed by atoms with Gasteiger partial charge in [-0.05, 0) is 24.3 Å². The van der Waals surface area contributed by atoms with E-state index >= 15 is 0 Å². The van der Waals surface area contributed by atoms with E-state index in [4.69, 9.17) is 5.11 Å². The average molecular weight is 291 g/mol. The van der Waals surface area contributed by atoms with Gasteiger partial charge in [0, 0.05) is 23.3 Å². The molecule has 3 aromatic rings. The molecule has 106 valence electrons. The van der Waals surface area contributed by atoms with E-state index in [-0.39, 0.29) is 16.5 Å². The smallest absolute Gasteiger partial charge is 0.335 e. The van der Waals surface area contributed by atoms with Gasteiger partial charge in [0.2, 0.25) is 0 Å². The first-order chi connectivity index (χ1) is 9.99. The summed E-state index contributed by atoms with van der Waals surface area (Å²) in [5.74, 6) is -4.46. The van der Waals surface area contributed by atoms with Gasteiger partial charge in [0.25, 0.3) is 0 Å². The number of hydrogen-bond acceptors (Lipinski definition) is 1. The van der Waals surface area contributed by atoms with Gasteiger partial charge in [-0.3, -0.25) is 0 Å². The third kappa shape index (κ3) is 2.05. The van der Waals surface area contributed by atoms with Gasteiger partial charge >= 0.3 is 5.97 Å². The largest absolute Gasteiger partial charge is 0.478 e. The third-order valence-corrected chi connectivity index (χ3v) is 3.18. The fraction of sp³-hybridized carbons (Fsp3) is 0. The predicted molar refractivity (Wildman–Crippen MR) is 70.1 cm³/mol. The fourth-order valence-electron chi connectivity index (χ4n) is 2.23. The van der Waals surface area contributed by atoms with Crippen LogP contribution in [0, 0.1) is 17.5 Å². The number of aromatic carboxylic acids is 1. The van der Waals surface area contributed by atoms with Crippen molar-refractivity contribution in [1.29, 1.82) is 0 Å². The van der Waals surface area contributed by atoms with Crippen LogP contribution in [0.25, 0.3) is 16.6 Å². The fourth-order valence-corrected chi connectivity index (χ4v) is 2.23. The summed E-state index contributed by atoms with van der Waals surface area (Å²) in [6.07, 6.45) is 1.36. The van der Waals surface area contributed by atoms with Gasteiger partial charge in [0.15, 0.2) is 17.5 Å². The normalized spacial score (nSPS) is 11.0. The maximum Gasteiger partial charge on any atom is 0.335 e. The Morgan fingerprint density at radius 3 is 2.52 bits per heavy atom. The van der Waals surface area contributed by atoms with Crippen molar-refractivity contribution >= 4 is 16.9 Å². The first-order valence-electron chi connectivity index (χ1n) is 5.97. The molecule has 0 radical (unpaired) electrons. The van der Waals surface area contributed by atoms with Crippen LogP contribution in [0.4, 0.5) is 13.2 Å². The Hall–Kier alpha value is -2.76. The quantitative estimate of drug-likeness (QED) is 0.731. The molecule has 0 saturated heterocycles. The molecular formula is C15H8F3NO2. The van der Waals surface area contributed by atoms with Crippen molar-refractivity contribution in [1.82, 2.24) is 4.57 Å². The van der Waals surface area contributed by atoms with E-state index in [0.717, 1.165) is 0 Å². The van der Waals surface area contributed by atoms with Crippen LogP contribution in [-0.4, -0.2) is 15.6 Å². The average Bonchev–Trinajstić information content (AvgIpc) is 2.90. The van der Waals surface area contributed by atoms with Crippen LogP contribution in [0.1, 0.15) is 10.4 Å². The molecule has 0 aliphatic carbocycles. The van der Waals surface area contributed by atoms with E-state index < -0.39 is 23.4 Å². The summed E-state index contributed by atoms with van der Waals surface area (Å²) in [7, 11) is 0. The third-order valence-electron chi connectivity index (χ3n) is 3.18. The first-order valence-corrected chi connectivity index (χ1v) is 5.97. The molecule has 0 unspecified atom stereocenters. The zero-order chi connectivity index (χ0) is 15.1. The molecule has 2 aromatic carbocycles. The molecule has 21 heavy (non-hydrogen) atoms. The van der Waals surface area contributed by atoms with Crippen LogP contribution in [0.5, 0.6) is 0 Å². The number of carboxylic acids is 1. The van der Waals surface area contributed by atoms with Crippen LogP contribution < -0.4 is 0 Å². The summed E-state index contributed by atoms with van der Waals surface area (Å²) in [6.45, 7) is 0. The summed E-state index contributed by atoms with van der Waals surface area (Å²) in [5.41, 5.74) is 0.212. The standard InChI is InChI=1S/C15H8F3NO2/c16-11-7-12(17)14-10(13(11)18)4-5-19(14)9-3-1-2-8(6-9)15(20)21/h1-7H,(H,20,21). The first kappa shape index (κ1) is 13.2. The van der Waals surface area contributed by atoms with Gasteiger partial charge in [0.05, 0.1) is 11.1 Å². The summed E-state index contributed by atoms with van der Waals surface area (Å²) >= 11 is 0. The zero-order valence-electron chi connectivity index (χ0n) is 10.5. The van der Waals surface area contributed by atoms with E-state index in [1.807, 2.05) is 0 Å². The van der Waals surface area contributed by atoms with Crippen molar-refractivity contribution in [3.63, 3.8) is 0 Å². The molecule has 1 heterocycles. The Morgan fingerprint density at radius 1 is 1.05 bits per heavy atom. The second-order valence-electron chi connectivity index (χ2n) is 4.46. The van der Waals surface area contributed by atoms with Crippen LogP contribution in [0.2, 0.25) is 0 Å². The Balaban J connectivity index is 2.29. The van der Waals surface area contributed by atoms with Gasteiger partial charge in [-0.1, -0.05) is 6.07 Å². The monoisotopic (exact) mass is 291 g/mol. The Labute approximate surface area is 116 Å². The van der Waals surface area contributed by atoms with Crippen molar-refractivity contribution in [3.05, 3.63) is 65.6 Å². The van der Waals surface area contributed by atoms with E-state index in [0.29, 0.717) is 11.8 Å². The number of carboxylic acid groups (broad SMARTS) is 1. The molecule has 0 fully saturated rings. The zero-order valence-corrected chi connectivity index (χ0v) is 10.5. The van der Waals surface area contributed by atoms with Gasteiger partial charge in [0.1, 0.15) is 0 Å². The summed E-state index contributed by atoms with van der Waals surface area (Å²) in [6, 6.07) is 7.45. The highest BCUT2D eigenvalue weighted by molar-refractivity contribution is 5.89. The van der Waals surface area contributed by atoms with E-state index in [1.165, 1.54) is 35.0 Å². The van der Waals surface area contributed by atoms with Gasteiger partial charge in [-0.25, -0.2) is 18.0 Å². The Morgan fingerprint density at radius 2 is 1.81 bits per heavy atom. The number of aromatic nitrogens is 1. The van der Waals surface area contributed by atoms with Crippen molar-refractivity contribution in [2.45, 2.75) is 0 Å². The van der Waals surface area contributed by atoms with Crippen molar-refractivity contribution < 1.29 is 23.1 Å². The minimum atomic E-state index is -1.27. The van der Waals surface area contributed by atoms with Crippen LogP contribution >= 0.6 is 0 Å². The predicted octanol–water partition coefficient (Wildman–Crippen LogP) is 3.75. The molecular weight excluding hydrogens is 283 g/mol. The van der Waals surface area contributed by atoms with E-state index in [2.05, 4.69) is 0 Å². The lowest BCUT2D eigenvalue weighted by atomic mass is 10.2. The lowest BCUT2D eigenvalue weighted by molar-refractivity contribution is 0.0697. The molecule has 1 aromatic heterocycles. The number of fused-ring (bicyclic) bond motifs is 1. The minimum Gasteiger partial charge on any atom is -0.478 e. The number of benzene rings is 2. The summed E-state index contributed by atoms with van der Waals surface area (Å²) in [5, 5.41) is 8.76. The molecule has 3 rings (SSSR count). The molecule has 0 spiro atoms. The van der Waals surface area contributed by atoms with Crippen molar-refractivity contribution in [2.75, 3.05) is 0 Å². The van der Waals surface area contributed by atoms with Crippen molar-refractivity contribution in [2.24, 2.45) is 0 Å². The van der Waals surface area contributed by atoms with Gasteiger partial charge < -0.3 is 9.67 Å². The molecule has 0 aliphatic heterocycles. The second-order valence-corrected chi connectivity index (χ2v) is 4.46. The minimum absolute atomic E-state index is 0.0114. The van der Waals surface area contributed by atoms with Gasteiger partial charge in [-0.2, -0.15) is 0 Å². The molecule has 0 bridgehead atoms. The van der Waals surface area contributed by atoms with E-state index in [9.17, 15) is 18.0 Å². The lowest BCUT2D eigenvalue weighted by Gasteiger charge is -2.07. The maximum atomic E-state index is 13.9. The number of hydrogen-bond donors (Lipinski definition) is 1. The topological polar surface area (TPSA) is 42.2 Å². The molecule has 1 N–H and O–H groups in total. The molecule has 0 aliphatic rings. The highest BCUT2D eigenvalue weighted by Gasteiger charge is 2.17. The number of rotatable bonds is 2. The molecule has 0 saturated carbocycles. The molecule has 3 nitrogen and oxygen atoms in total. The Kier molecular flexibility index (Phi) is 2.94. The van der Waals surface area contributed by atoms with Crippen LogP contribution in [-0.2, 0) is 0 Å². The summed E-state index contributed by atoms with van der Waals surface area (Å²) in [4.78, 5) is 11.0. The lowest BCUT2D eigenvalue weighted by Crippen LogP contribution is -2.00. The van der Waals surface area contributed by atoms with E-state index in [1.54, 1.807) is 6.07 Å². The van der Waals surface area contributed by atoms with Crippen LogP contribution in [0.3, 0.4) is 0 Å². The maximum absolute atomic E-state index is 13.9.